The Morgan fingerprint density at radius 3 is 3.00 bits per heavy atom. The van der Waals surface area contributed by atoms with Crippen LogP contribution in [0.1, 0.15) is 6.93 Å². The summed E-state index contributed by atoms with van der Waals surface area (Å²) < 4.78 is 19.9. The fourth-order valence-corrected chi connectivity index (χ4v) is 0.940. The summed E-state index contributed by atoms with van der Waals surface area (Å²) in [5.74, 6) is -0.629. The number of hydrogen-bond donors (Lipinski definition) is 0. The third kappa shape index (κ3) is 1.34. The maximum absolute atomic E-state index is 12.6. The van der Waals surface area contributed by atoms with Crippen molar-refractivity contribution in [2.45, 2.75) is 0 Å². The van der Waals surface area contributed by atoms with Crippen LogP contribution < -0.4 is 0 Å². The summed E-state index contributed by atoms with van der Waals surface area (Å²) >= 11 is 2.94. The molecule has 50 valence electrons. The quantitative estimate of drug-likeness (QED) is 0.632. The predicted molar refractivity (Wildman–Crippen MR) is 38.8 cm³/mol. The van der Waals surface area contributed by atoms with Crippen LogP contribution >= 0.6 is 15.9 Å². The molecule has 1 nitrogen and oxygen atoms in total. The number of benzene rings is 1. The Kier molecular flexibility index (Phi) is 1.65. The zero-order valence-corrected chi connectivity index (χ0v) is 6.44. The van der Waals surface area contributed by atoms with Gasteiger partial charge in [-0.25, -0.2) is 4.39 Å². The first kappa shape index (κ1) is 5.87. The fraction of sp³-hybridized carbons (Fsp3) is 0. The van der Waals surface area contributed by atoms with Gasteiger partial charge in [-0.15, -0.1) is 0 Å². The first-order valence-electron chi connectivity index (χ1n) is 3.01. The molecule has 0 atom stereocenters. The Morgan fingerprint density at radius 1 is 1.70 bits per heavy atom. The third-order valence-corrected chi connectivity index (χ3v) is 1.61. The van der Waals surface area contributed by atoms with E-state index in [1.54, 1.807) is 0 Å². The van der Waals surface area contributed by atoms with E-state index in [9.17, 15) is 4.39 Å². The molecular weight excluding hydrogens is 197 g/mol. The van der Waals surface area contributed by atoms with E-state index in [1.165, 1.54) is 6.07 Å². The molecule has 1 aromatic rings. The third-order valence-electron chi connectivity index (χ3n) is 0.982. The van der Waals surface area contributed by atoms with Crippen LogP contribution in [-0.4, -0.2) is 0 Å². The standard InChI is InChI=1S/C7H3BrFN/c8-7-3-6(9)2-1-5(7)4-10/h1-3H/i3D. The van der Waals surface area contributed by atoms with Gasteiger partial charge in [-0.2, -0.15) is 5.26 Å². The SMILES string of the molecule is [2H]c1c(F)ccc(C#N)c1Br. The second-order valence-electron chi connectivity index (χ2n) is 1.65. The lowest BCUT2D eigenvalue weighted by Crippen LogP contribution is -1.78. The molecule has 0 aliphatic rings. The maximum atomic E-state index is 12.6. The smallest absolute Gasteiger partial charge is 0.124 e. The second-order valence-corrected chi connectivity index (χ2v) is 2.44. The van der Waals surface area contributed by atoms with E-state index in [-0.39, 0.29) is 16.1 Å². The molecule has 0 unspecified atom stereocenters. The molecule has 0 fully saturated rings. The minimum Gasteiger partial charge on any atom is -0.207 e. The van der Waals surface area contributed by atoms with Crippen molar-refractivity contribution in [3.8, 4) is 6.07 Å². The highest BCUT2D eigenvalue weighted by molar-refractivity contribution is 9.10. The molecule has 10 heavy (non-hydrogen) atoms. The van der Waals surface area contributed by atoms with Crippen LogP contribution in [0.2, 0.25) is 0 Å². The molecule has 0 aliphatic heterocycles. The van der Waals surface area contributed by atoms with E-state index in [4.69, 9.17) is 6.63 Å². The van der Waals surface area contributed by atoms with Crippen LogP contribution in [0.4, 0.5) is 4.39 Å². The van der Waals surface area contributed by atoms with Gasteiger partial charge in [0.1, 0.15) is 11.9 Å². The summed E-state index contributed by atoms with van der Waals surface area (Å²) in [6.45, 7) is 0. The first-order chi connectivity index (χ1) is 5.16. The van der Waals surface area contributed by atoms with Crippen molar-refractivity contribution in [1.29, 1.82) is 5.26 Å². The van der Waals surface area contributed by atoms with Crippen molar-refractivity contribution in [3.63, 3.8) is 0 Å². The van der Waals surface area contributed by atoms with Crippen LogP contribution in [0.15, 0.2) is 22.6 Å². The van der Waals surface area contributed by atoms with Crippen LogP contribution in [0.3, 0.4) is 0 Å². The van der Waals surface area contributed by atoms with Crippen molar-refractivity contribution >= 4 is 15.9 Å². The average Bonchev–Trinajstić information content (AvgIpc) is 2.01. The summed E-state index contributed by atoms with van der Waals surface area (Å²) in [4.78, 5) is 0. The predicted octanol–water partition coefficient (Wildman–Crippen LogP) is 2.46. The lowest BCUT2D eigenvalue weighted by molar-refractivity contribution is 0.627. The lowest BCUT2D eigenvalue weighted by Gasteiger charge is -1.92. The Morgan fingerprint density at radius 2 is 2.40 bits per heavy atom. The molecule has 0 heterocycles. The molecule has 1 aromatic carbocycles. The minimum absolute atomic E-state index is 0.208. The summed E-state index contributed by atoms with van der Waals surface area (Å²) in [6.07, 6.45) is 0. The van der Waals surface area contributed by atoms with Crippen molar-refractivity contribution in [3.05, 3.63) is 34.0 Å². The number of halogens is 2. The van der Waals surface area contributed by atoms with Crippen LogP contribution in [0.25, 0.3) is 0 Å². The molecular formula is C7H3BrFN. The van der Waals surface area contributed by atoms with E-state index in [0.29, 0.717) is 0 Å². The molecule has 3 heteroatoms. The number of rotatable bonds is 0. The zero-order chi connectivity index (χ0) is 8.43. The molecule has 0 radical (unpaired) electrons. The van der Waals surface area contributed by atoms with E-state index in [2.05, 4.69) is 15.9 Å². The van der Waals surface area contributed by atoms with Crippen molar-refractivity contribution in [1.82, 2.24) is 0 Å². The van der Waals surface area contributed by atoms with Gasteiger partial charge in [0.25, 0.3) is 0 Å². The molecule has 0 saturated heterocycles. The Balaban J connectivity index is 3.40. The normalized spacial score (nSPS) is 10.3. The van der Waals surface area contributed by atoms with Gasteiger partial charge in [0.2, 0.25) is 0 Å². The van der Waals surface area contributed by atoms with Crippen LogP contribution in [0.5, 0.6) is 0 Å². The molecule has 0 N–H and O–H groups in total. The highest BCUT2D eigenvalue weighted by Gasteiger charge is 1.97. The molecule has 0 amide bonds. The van der Waals surface area contributed by atoms with Gasteiger partial charge in [0.15, 0.2) is 0 Å². The summed E-state index contributed by atoms with van der Waals surface area (Å²) in [5.41, 5.74) is 0.274. The van der Waals surface area contributed by atoms with E-state index in [0.717, 1.165) is 6.07 Å². The summed E-state index contributed by atoms with van der Waals surface area (Å²) in [7, 11) is 0. The van der Waals surface area contributed by atoms with Crippen LogP contribution in [0, 0.1) is 17.1 Å². The Labute approximate surface area is 67.6 Å². The van der Waals surface area contributed by atoms with E-state index < -0.39 is 5.82 Å². The van der Waals surface area contributed by atoms with Gasteiger partial charge in [-0.1, -0.05) is 0 Å². The Bertz CT molecular complexity index is 332. The van der Waals surface area contributed by atoms with Gasteiger partial charge in [0, 0.05) is 4.47 Å². The molecule has 0 spiro atoms. The molecule has 1 rings (SSSR count). The first-order valence-corrected chi connectivity index (χ1v) is 3.31. The number of nitriles is 1. The molecule has 0 bridgehead atoms. The van der Waals surface area contributed by atoms with Gasteiger partial charge in [0.05, 0.1) is 6.93 Å². The monoisotopic (exact) mass is 200 g/mol. The largest absolute Gasteiger partial charge is 0.207 e. The highest BCUT2D eigenvalue weighted by atomic mass is 79.9. The second kappa shape index (κ2) is 2.80. The van der Waals surface area contributed by atoms with Gasteiger partial charge < -0.3 is 0 Å². The number of nitrogens with zero attached hydrogens (tertiary/aromatic N) is 1. The fourth-order valence-electron chi connectivity index (χ4n) is 0.530. The van der Waals surface area contributed by atoms with Crippen LogP contribution in [-0.2, 0) is 0 Å². The van der Waals surface area contributed by atoms with Gasteiger partial charge in [-0.3, -0.25) is 0 Å². The van der Waals surface area contributed by atoms with Gasteiger partial charge >= 0.3 is 0 Å². The zero-order valence-electron chi connectivity index (χ0n) is 5.86. The Hall–Kier alpha value is -0.880. The minimum atomic E-state index is -0.629. The van der Waals surface area contributed by atoms with Crippen molar-refractivity contribution in [2.24, 2.45) is 0 Å². The molecule has 0 saturated carbocycles. The van der Waals surface area contributed by atoms with Gasteiger partial charge in [-0.05, 0) is 34.1 Å². The lowest BCUT2D eigenvalue weighted by atomic mass is 10.2. The topological polar surface area (TPSA) is 23.8 Å². The van der Waals surface area contributed by atoms with Crippen molar-refractivity contribution < 1.29 is 5.76 Å². The average molecular weight is 201 g/mol. The summed E-state index contributed by atoms with van der Waals surface area (Å²) in [6, 6.07) is 3.99. The number of hydrogen-bond acceptors (Lipinski definition) is 1. The van der Waals surface area contributed by atoms with E-state index in [1.807, 2.05) is 6.07 Å². The molecule has 0 aromatic heterocycles. The summed E-state index contributed by atoms with van der Waals surface area (Å²) in [5, 5.41) is 8.45. The highest BCUT2D eigenvalue weighted by Crippen LogP contribution is 2.16. The molecule has 0 aliphatic carbocycles. The van der Waals surface area contributed by atoms with Crippen molar-refractivity contribution in [2.75, 3.05) is 0 Å². The maximum Gasteiger partial charge on any atom is 0.124 e. The van der Waals surface area contributed by atoms with E-state index >= 15 is 0 Å².